The van der Waals surface area contributed by atoms with Crippen LogP contribution in [0.1, 0.15) is 18.1 Å². The second-order valence-corrected chi connectivity index (χ2v) is 2.91. The molecule has 0 aromatic carbocycles. The number of aromatic nitrogens is 1. The van der Waals surface area contributed by atoms with E-state index in [1.807, 2.05) is 0 Å². The molecular formula is C10H12FNO2. The molecule has 0 N–H and O–H groups in total. The Hall–Kier alpha value is -1.45. The molecule has 0 aliphatic carbocycles. The van der Waals surface area contributed by atoms with Gasteiger partial charge in [0.1, 0.15) is 5.82 Å². The van der Waals surface area contributed by atoms with Crippen molar-refractivity contribution in [1.82, 2.24) is 4.98 Å². The van der Waals surface area contributed by atoms with Crippen LogP contribution in [0.15, 0.2) is 12.4 Å². The van der Waals surface area contributed by atoms with E-state index >= 15 is 0 Å². The summed E-state index contributed by atoms with van der Waals surface area (Å²) in [7, 11) is 0. The number of carbonyl (C=O) groups excluding carboxylic acids is 1. The fourth-order valence-corrected chi connectivity index (χ4v) is 1.10. The summed E-state index contributed by atoms with van der Waals surface area (Å²) < 4.78 is 18.1. The highest BCUT2D eigenvalue weighted by molar-refractivity contribution is 5.72. The van der Waals surface area contributed by atoms with E-state index in [4.69, 9.17) is 4.74 Å². The lowest BCUT2D eigenvalue weighted by Gasteiger charge is -2.04. The molecule has 4 heteroatoms. The molecular weight excluding hydrogens is 185 g/mol. The normalized spacial score (nSPS) is 9.93. The number of hydrogen-bond acceptors (Lipinski definition) is 3. The van der Waals surface area contributed by atoms with Gasteiger partial charge in [0.2, 0.25) is 0 Å². The van der Waals surface area contributed by atoms with Crippen LogP contribution in [0.3, 0.4) is 0 Å². The molecule has 0 spiro atoms. The fraction of sp³-hybridized carbons (Fsp3) is 0.400. The van der Waals surface area contributed by atoms with Gasteiger partial charge in [-0.05, 0) is 13.8 Å². The van der Waals surface area contributed by atoms with Crippen LogP contribution >= 0.6 is 0 Å². The first-order chi connectivity index (χ1) is 6.65. The van der Waals surface area contributed by atoms with E-state index in [1.54, 1.807) is 13.8 Å². The Morgan fingerprint density at radius 1 is 1.57 bits per heavy atom. The van der Waals surface area contributed by atoms with E-state index in [-0.39, 0.29) is 17.8 Å². The monoisotopic (exact) mass is 197 g/mol. The summed E-state index contributed by atoms with van der Waals surface area (Å²) in [4.78, 5) is 14.9. The first-order valence-corrected chi connectivity index (χ1v) is 4.39. The Morgan fingerprint density at radius 3 is 2.93 bits per heavy atom. The summed E-state index contributed by atoms with van der Waals surface area (Å²) in [6.45, 7) is 3.62. The topological polar surface area (TPSA) is 39.2 Å². The van der Waals surface area contributed by atoms with E-state index in [2.05, 4.69) is 4.98 Å². The zero-order valence-electron chi connectivity index (χ0n) is 8.21. The van der Waals surface area contributed by atoms with E-state index in [9.17, 15) is 9.18 Å². The second kappa shape index (κ2) is 4.69. The molecule has 0 unspecified atom stereocenters. The number of ether oxygens (including phenoxy) is 1. The van der Waals surface area contributed by atoms with Crippen molar-refractivity contribution in [1.29, 1.82) is 0 Å². The Labute approximate surface area is 81.9 Å². The van der Waals surface area contributed by atoms with E-state index in [1.165, 1.54) is 12.4 Å². The fourth-order valence-electron chi connectivity index (χ4n) is 1.10. The Bertz CT molecular complexity index is 339. The molecule has 1 aromatic rings. The average molecular weight is 197 g/mol. The van der Waals surface area contributed by atoms with E-state index in [0.29, 0.717) is 12.2 Å². The highest BCUT2D eigenvalue weighted by atomic mass is 19.1. The van der Waals surface area contributed by atoms with Crippen molar-refractivity contribution in [3.05, 3.63) is 29.3 Å². The standard InChI is InChI=1S/C10H12FNO2/c1-3-14-9(13)4-8-6-12-5-7(2)10(8)11/h5-6H,3-4H2,1-2H3. The van der Waals surface area contributed by atoms with Gasteiger partial charge in [-0.3, -0.25) is 9.78 Å². The van der Waals surface area contributed by atoms with Crippen molar-refractivity contribution in [2.45, 2.75) is 20.3 Å². The number of esters is 1. The molecule has 0 atom stereocenters. The average Bonchev–Trinajstić information content (AvgIpc) is 2.13. The van der Waals surface area contributed by atoms with Gasteiger partial charge < -0.3 is 4.74 Å². The van der Waals surface area contributed by atoms with Gasteiger partial charge in [-0.25, -0.2) is 4.39 Å². The highest BCUT2D eigenvalue weighted by Crippen LogP contribution is 2.10. The number of carbonyl (C=O) groups is 1. The largest absolute Gasteiger partial charge is 0.466 e. The highest BCUT2D eigenvalue weighted by Gasteiger charge is 2.10. The van der Waals surface area contributed by atoms with E-state index in [0.717, 1.165) is 0 Å². The van der Waals surface area contributed by atoms with Crippen molar-refractivity contribution in [2.24, 2.45) is 0 Å². The molecule has 0 saturated heterocycles. The van der Waals surface area contributed by atoms with Crippen LogP contribution in [0.25, 0.3) is 0 Å². The number of pyridine rings is 1. The third kappa shape index (κ3) is 2.52. The van der Waals surface area contributed by atoms with Crippen LogP contribution in [0, 0.1) is 12.7 Å². The molecule has 1 aromatic heterocycles. The SMILES string of the molecule is CCOC(=O)Cc1cncc(C)c1F. The minimum atomic E-state index is -0.432. The second-order valence-electron chi connectivity index (χ2n) is 2.91. The molecule has 14 heavy (non-hydrogen) atoms. The number of nitrogens with zero attached hydrogens (tertiary/aromatic N) is 1. The van der Waals surface area contributed by atoms with Gasteiger partial charge in [-0.1, -0.05) is 0 Å². The van der Waals surface area contributed by atoms with Crippen molar-refractivity contribution in [2.75, 3.05) is 6.61 Å². The summed E-state index contributed by atoms with van der Waals surface area (Å²) in [5.74, 6) is -0.813. The molecule has 0 aliphatic rings. The van der Waals surface area contributed by atoms with Crippen LogP contribution in [-0.4, -0.2) is 17.6 Å². The smallest absolute Gasteiger partial charge is 0.310 e. The van der Waals surface area contributed by atoms with Crippen LogP contribution < -0.4 is 0 Å². The third-order valence-corrected chi connectivity index (χ3v) is 1.77. The Kier molecular flexibility index (Phi) is 3.56. The molecule has 0 aliphatic heterocycles. The maximum atomic E-state index is 13.4. The number of aryl methyl sites for hydroxylation is 1. The molecule has 0 saturated carbocycles. The maximum Gasteiger partial charge on any atom is 0.310 e. The summed E-state index contributed by atoms with van der Waals surface area (Å²) >= 11 is 0. The predicted octanol–water partition coefficient (Wildman–Crippen LogP) is 1.63. The van der Waals surface area contributed by atoms with Crippen LogP contribution in [0.4, 0.5) is 4.39 Å². The summed E-state index contributed by atoms with van der Waals surface area (Å²) in [5, 5.41) is 0. The zero-order valence-corrected chi connectivity index (χ0v) is 8.21. The molecule has 1 rings (SSSR count). The van der Waals surface area contributed by atoms with Gasteiger partial charge in [-0.15, -0.1) is 0 Å². The summed E-state index contributed by atoms with van der Waals surface area (Å²) in [5.41, 5.74) is 0.718. The van der Waals surface area contributed by atoms with Crippen molar-refractivity contribution in [3.63, 3.8) is 0 Å². The van der Waals surface area contributed by atoms with Crippen molar-refractivity contribution < 1.29 is 13.9 Å². The predicted molar refractivity (Wildman–Crippen MR) is 49.3 cm³/mol. The maximum absolute atomic E-state index is 13.4. The minimum Gasteiger partial charge on any atom is -0.466 e. The number of halogens is 1. The number of hydrogen-bond donors (Lipinski definition) is 0. The molecule has 0 radical (unpaired) electrons. The molecule has 0 bridgehead atoms. The van der Waals surface area contributed by atoms with Gasteiger partial charge in [0.15, 0.2) is 0 Å². The summed E-state index contributed by atoms with van der Waals surface area (Å²) in [6.07, 6.45) is 2.71. The van der Waals surface area contributed by atoms with Gasteiger partial charge in [0.05, 0.1) is 13.0 Å². The van der Waals surface area contributed by atoms with Gasteiger partial charge in [0, 0.05) is 23.5 Å². The van der Waals surface area contributed by atoms with Gasteiger partial charge >= 0.3 is 5.97 Å². The molecule has 0 amide bonds. The van der Waals surface area contributed by atoms with Gasteiger partial charge in [0.25, 0.3) is 0 Å². The Balaban J connectivity index is 2.76. The molecule has 3 nitrogen and oxygen atoms in total. The molecule has 76 valence electrons. The molecule has 1 heterocycles. The first-order valence-electron chi connectivity index (χ1n) is 4.39. The molecule has 0 fully saturated rings. The van der Waals surface area contributed by atoms with Crippen LogP contribution in [0.2, 0.25) is 0 Å². The van der Waals surface area contributed by atoms with Crippen molar-refractivity contribution in [3.8, 4) is 0 Å². The number of rotatable bonds is 3. The zero-order chi connectivity index (χ0) is 10.6. The van der Waals surface area contributed by atoms with Gasteiger partial charge in [-0.2, -0.15) is 0 Å². The van der Waals surface area contributed by atoms with Crippen LogP contribution in [-0.2, 0) is 16.0 Å². The lowest BCUT2D eigenvalue weighted by molar-refractivity contribution is -0.142. The van der Waals surface area contributed by atoms with Crippen LogP contribution in [0.5, 0.6) is 0 Å². The lowest BCUT2D eigenvalue weighted by atomic mass is 10.1. The van der Waals surface area contributed by atoms with E-state index < -0.39 is 5.97 Å². The Morgan fingerprint density at radius 2 is 2.29 bits per heavy atom. The summed E-state index contributed by atoms with van der Waals surface area (Å²) in [6, 6.07) is 0. The lowest BCUT2D eigenvalue weighted by Crippen LogP contribution is -2.09. The first kappa shape index (κ1) is 10.6. The third-order valence-electron chi connectivity index (χ3n) is 1.77. The van der Waals surface area contributed by atoms with Crippen molar-refractivity contribution >= 4 is 5.97 Å². The quantitative estimate of drug-likeness (QED) is 0.691. The minimum absolute atomic E-state index is 0.0612.